The number of rotatable bonds is 3. The van der Waals surface area contributed by atoms with Crippen LogP contribution in [0.15, 0.2) is 24.8 Å². The molecule has 1 aromatic carbocycles. The van der Waals surface area contributed by atoms with E-state index in [1.807, 2.05) is 19.9 Å². The molecule has 1 saturated carbocycles. The van der Waals surface area contributed by atoms with E-state index in [1.165, 1.54) is 6.07 Å². The van der Waals surface area contributed by atoms with Gasteiger partial charge in [0.1, 0.15) is 5.78 Å². The second-order valence-corrected chi connectivity index (χ2v) is 7.56. The molecule has 1 saturated heterocycles. The summed E-state index contributed by atoms with van der Waals surface area (Å²) in [6, 6.07) is 3.00. The summed E-state index contributed by atoms with van der Waals surface area (Å²) in [5.74, 6) is -0.329. The van der Waals surface area contributed by atoms with Crippen LogP contribution in [0, 0.1) is 6.92 Å². The van der Waals surface area contributed by atoms with E-state index in [1.54, 1.807) is 6.07 Å². The number of phenols is 2. The fourth-order valence-electron chi connectivity index (χ4n) is 5.02. The number of piperidine rings is 1. The van der Waals surface area contributed by atoms with Crippen molar-refractivity contribution in [2.24, 2.45) is 0 Å². The Morgan fingerprint density at radius 2 is 2.08 bits per heavy atom. The van der Waals surface area contributed by atoms with Crippen LogP contribution in [0.2, 0.25) is 0 Å². The number of nitrogens with zero attached hydrogens (tertiary/aromatic N) is 1. The van der Waals surface area contributed by atoms with Crippen LogP contribution in [-0.4, -0.2) is 50.7 Å². The molecule has 25 heavy (non-hydrogen) atoms. The maximum absolute atomic E-state index is 12.4. The van der Waals surface area contributed by atoms with E-state index in [0.717, 1.165) is 5.56 Å². The van der Waals surface area contributed by atoms with Gasteiger partial charge >= 0.3 is 0 Å². The van der Waals surface area contributed by atoms with Crippen molar-refractivity contribution < 1.29 is 20.1 Å². The number of likely N-dealkylation sites (tertiary alicyclic amines) is 1. The van der Waals surface area contributed by atoms with Gasteiger partial charge in [0.25, 0.3) is 0 Å². The van der Waals surface area contributed by atoms with Gasteiger partial charge in [-0.25, -0.2) is 0 Å². The van der Waals surface area contributed by atoms with E-state index in [4.69, 9.17) is 0 Å². The number of ketones is 1. The van der Waals surface area contributed by atoms with Gasteiger partial charge in [-0.2, -0.15) is 0 Å². The second kappa shape index (κ2) is 6.15. The average molecular weight is 345 g/mol. The summed E-state index contributed by atoms with van der Waals surface area (Å²) in [4.78, 5) is 14.5. The first-order chi connectivity index (χ1) is 11.8. The number of carbonyl (C=O) groups is 1. The van der Waals surface area contributed by atoms with E-state index in [0.29, 0.717) is 37.9 Å². The second-order valence-electron chi connectivity index (χ2n) is 7.56. The molecule has 1 heterocycles. The smallest absolute Gasteiger partial charge is 0.161 e. The first kappa shape index (κ1) is 18.0. The summed E-state index contributed by atoms with van der Waals surface area (Å²) in [6.45, 7) is 8.98. The standard InChI is InChI=1S/C20H27NO4/c1-4-10-21-11-9-19(17-13(2)5-6-16(23)18(17)24)12-15(22)7-8-20(19,25)14(21)3/h4-6,14,23-25H,1,7-12H2,2-3H3. The third-order valence-corrected chi connectivity index (χ3v) is 6.38. The number of fused-ring (bicyclic) bond motifs is 1. The number of hydrogen-bond acceptors (Lipinski definition) is 5. The van der Waals surface area contributed by atoms with E-state index >= 15 is 0 Å². The number of hydrogen-bond donors (Lipinski definition) is 3. The molecule has 2 fully saturated rings. The molecule has 0 amide bonds. The molecule has 0 spiro atoms. The van der Waals surface area contributed by atoms with Crippen LogP contribution in [0.1, 0.15) is 43.7 Å². The zero-order valence-electron chi connectivity index (χ0n) is 15.0. The Labute approximate surface area is 148 Å². The Balaban J connectivity index is 2.21. The van der Waals surface area contributed by atoms with Gasteiger partial charge in [-0.15, -0.1) is 6.58 Å². The number of aryl methyl sites for hydroxylation is 1. The van der Waals surface area contributed by atoms with Crippen LogP contribution in [0.25, 0.3) is 0 Å². The highest BCUT2D eigenvalue weighted by molar-refractivity contribution is 5.82. The van der Waals surface area contributed by atoms with Gasteiger partial charge in [-0.05, 0) is 44.9 Å². The quantitative estimate of drug-likeness (QED) is 0.579. The lowest BCUT2D eigenvalue weighted by Gasteiger charge is -2.59. The monoisotopic (exact) mass is 345 g/mol. The Morgan fingerprint density at radius 1 is 1.36 bits per heavy atom. The Morgan fingerprint density at radius 3 is 2.76 bits per heavy atom. The highest BCUT2D eigenvalue weighted by Gasteiger charge is 2.62. The average Bonchev–Trinajstić information content (AvgIpc) is 2.57. The highest BCUT2D eigenvalue weighted by Crippen LogP contribution is 2.56. The van der Waals surface area contributed by atoms with Crippen molar-refractivity contribution in [3.8, 4) is 11.5 Å². The molecule has 5 heteroatoms. The zero-order chi connectivity index (χ0) is 18.4. The van der Waals surface area contributed by atoms with Crippen molar-refractivity contribution in [1.82, 2.24) is 4.90 Å². The zero-order valence-corrected chi connectivity index (χ0v) is 15.0. The highest BCUT2D eigenvalue weighted by atomic mass is 16.3. The van der Waals surface area contributed by atoms with E-state index in [9.17, 15) is 20.1 Å². The van der Waals surface area contributed by atoms with Crippen molar-refractivity contribution in [2.75, 3.05) is 13.1 Å². The fourth-order valence-corrected chi connectivity index (χ4v) is 5.02. The molecule has 1 aliphatic carbocycles. The topological polar surface area (TPSA) is 81.0 Å². The number of phenolic OH excluding ortho intramolecular Hbond substituents is 2. The van der Waals surface area contributed by atoms with Crippen LogP contribution in [-0.2, 0) is 10.2 Å². The molecule has 5 nitrogen and oxygen atoms in total. The Hall–Kier alpha value is -1.85. The van der Waals surface area contributed by atoms with Crippen molar-refractivity contribution in [1.29, 1.82) is 0 Å². The molecular formula is C20H27NO4. The van der Waals surface area contributed by atoms with Crippen LogP contribution in [0.3, 0.4) is 0 Å². The molecule has 0 radical (unpaired) electrons. The van der Waals surface area contributed by atoms with Gasteiger partial charge in [-0.1, -0.05) is 12.1 Å². The summed E-state index contributed by atoms with van der Waals surface area (Å²) in [7, 11) is 0. The third kappa shape index (κ3) is 2.49. The van der Waals surface area contributed by atoms with Crippen molar-refractivity contribution in [3.63, 3.8) is 0 Å². The third-order valence-electron chi connectivity index (χ3n) is 6.38. The maximum Gasteiger partial charge on any atom is 0.161 e. The van der Waals surface area contributed by atoms with Gasteiger partial charge in [0.05, 0.1) is 5.60 Å². The van der Waals surface area contributed by atoms with Crippen LogP contribution < -0.4 is 0 Å². The van der Waals surface area contributed by atoms with Crippen LogP contribution in [0.5, 0.6) is 11.5 Å². The maximum atomic E-state index is 12.4. The fraction of sp³-hybridized carbons (Fsp3) is 0.550. The molecule has 0 bridgehead atoms. The molecule has 3 N–H and O–H groups in total. The molecule has 0 aromatic heterocycles. The first-order valence-electron chi connectivity index (χ1n) is 8.88. The molecule has 3 rings (SSSR count). The molecule has 3 unspecified atom stereocenters. The number of aromatic hydroxyl groups is 2. The summed E-state index contributed by atoms with van der Waals surface area (Å²) in [6.07, 6.45) is 3.25. The lowest BCUT2D eigenvalue weighted by Crippen LogP contribution is -2.69. The summed E-state index contributed by atoms with van der Waals surface area (Å²) in [5, 5.41) is 32.5. The minimum atomic E-state index is -1.15. The van der Waals surface area contributed by atoms with Gasteiger partial charge in [0.2, 0.25) is 0 Å². The molecule has 136 valence electrons. The number of aliphatic hydroxyl groups is 1. The normalized spacial score (nSPS) is 33.1. The van der Waals surface area contributed by atoms with E-state index in [-0.39, 0.29) is 29.7 Å². The Bertz CT molecular complexity index is 716. The lowest BCUT2D eigenvalue weighted by atomic mass is 9.53. The summed E-state index contributed by atoms with van der Waals surface area (Å²) in [5.41, 5.74) is -0.731. The predicted molar refractivity (Wildman–Crippen MR) is 95.8 cm³/mol. The molecule has 1 aliphatic heterocycles. The van der Waals surface area contributed by atoms with Gasteiger partial charge in [-0.3, -0.25) is 9.69 Å². The lowest BCUT2D eigenvalue weighted by molar-refractivity contribution is -0.163. The summed E-state index contributed by atoms with van der Waals surface area (Å²) >= 11 is 0. The van der Waals surface area contributed by atoms with Crippen LogP contribution >= 0.6 is 0 Å². The first-order valence-corrected chi connectivity index (χ1v) is 8.88. The molecule has 3 atom stereocenters. The predicted octanol–water partition coefficient (Wildman–Crippen LogP) is 2.41. The number of carbonyl (C=O) groups excluding carboxylic acids is 1. The summed E-state index contributed by atoms with van der Waals surface area (Å²) < 4.78 is 0. The van der Waals surface area contributed by atoms with Gasteiger partial charge in [0, 0.05) is 36.4 Å². The van der Waals surface area contributed by atoms with Crippen molar-refractivity contribution >= 4 is 5.78 Å². The molecule has 2 aliphatic rings. The SMILES string of the molecule is C=CCN1CCC2(c3c(C)ccc(O)c3O)CC(=O)CCC2(O)C1C. The molecular weight excluding hydrogens is 318 g/mol. The largest absolute Gasteiger partial charge is 0.504 e. The van der Waals surface area contributed by atoms with Crippen molar-refractivity contribution in [2.45, 2.75) is 56.6 Å². The van der Waals surface area contributed by atoms with E-state index in [2.05, 4.69) is 11.5 Å². The minimum absolute atomic E-state index is 0.0937. The van der Waals surface area contributed by atoms with Crippen molar-refractivity contribution in [3.05, 3.63) is 35.9 Å². The van der Waals surface area contributed by atoms with Gasteiger partial charge in [0.15, 0.2) is 11.5 Å². The number of Topliss-reactive ketones (excluding diaryl/α,β-unsaturated/α-hetero) is 1. The Kier molecular flexibility index (Phi) is 4.41. The minimum Gasteiger partial charge on any atom is -0.504 e. The number of benzene rings is 1. The van der Waals surface area contributed by atoms with Crippen LogP contribution in [0.4, 0.5) is 0 Å². The van der Waals surface area contributed by atoms with Gasteiger partial charge < -0.3 is 15.3 Å². The van der Waals surface area contributed by atoms with E-state index < -0.39 is 11.0 Å². The molecule has 1 aromatic rings.